The van der Waals surface area contributed by atoms with E-state index in [1.165, 1.54) is 22.2 Å². The summed E-state index contributed by atoms with van der Waals surface area (Å²) < 4.78 is 0. The maximum atomic E-state index is 13.0. The molecule has 1 saturated heterocycles. The van der Waals surface area contributed by atoms with Crippen LogP contribution in [-0.2, 0) is 9.59 Å². The molecular formula is C23H23N5O4. The number of aromatic amines is 1. The number of H-pyrrole nitrogens is 1. The Balaban J connectivity index is 1.51. The Hall–Kier alpha value is -4.01. The van der Waals surface area contributed by atoms with Crippen LogP contribution in [0.15, 0.2) is 48.8 Å². The predicted molar refractivity (Wildman–Crippen MR) is 118 cm³/mol. The molecule has 1 N–H and O–H groups in total. The molecule has 9 nitrogen and oxygen atoms in total. The van der Waals surface area contributed by atoms with Crippen LogP contribution in [-0.4, -0.2) is 76.5 Å². The third-order valence-electron chi connectivity index (χ3n) is 5.72. The third-order valence-corrected chi connectivity index (χ3v) is 5.72. The molecule has 2 aromatic heterocycles. The molecule has 3 heterocycles. The maximum Gasteiger partial charge on any atom is 0.295 e. The molecule has 0 radical (unpaired) electrons. The van der Waals surface area contributed by atoms with E-state index in [-0.39, 0.29) is 24.1 Å². The highest BCUT2D eigenvalue weighted by molar-refractivity contribution is 6.44. The van der Waals surface area contributed by atoms with E-state index in [1.807, 2.05) is 25.1 Å². The Bertz CT molecular complexity index is 1190. The van der Waals surface area contributed by atoms with Gasteiger partial charge in [0.15, 0.2) is 0 Å². The van der Waals surface area contributed by atoms with E-state index in [4.69, 9.17) is 0 Å². The molecule has 9 heteroatoms. The number of ketones is 1. The van der Waals surface area contributed by atoms with Crippen LogP contribution in [0.4, 0.5) is 5.69 Å². The quantitative estimate of drug-likeness (QED) is 0.375. The largest absolute Gasteiger partial charge is 0.357 e. The van der Waals surface area contributed by atoms with E-state index in [0.717, 1.165) is 0 Å². The van der Waals surface area contributed by atoms with Crippen LogP contribution in [0.25, 0.3) is 11.0 Å². The number of carbonyl (C=O) groups is 4. The Morgan fingerprint density at radius 2 is 1.91 bits per heavy atom. The fraction of sp³-hybridized carbons (Fsp3) is 0.261. The minimum atomic E-state index is -0.677. The lowest BCUT2D eigenvalue weighted by molar-refractivity contribution is -0.130. The highest BCUT2D eigenvalue weighted by Crippen LogP contribution is 2.26. The summed E-state index contributed by atoms with van der Waals surface area (Å²) in [4.78, 5) is 61.7. The first kappa shape index (κ1) is 21.2. The van der Waals surface area contributed by atoms with Crippen molar-refractivity contribution in [1.82, 2.24) is 19.8 Å². The van der Waals surface area contributed by atoms with Crippen LogP contribution >= 0.6 is 0 Å². The Labute approximate surface area is 184 Å². The number of Topliss-reactive ketones (excluding diaryl/α,β-unsaturated/α-hetero) is 1. The van der Waals surface area contributed by atoms with Gasteiger partial charge in [0.2, 0.25) is 6.41 Å². The van der Waals surface area contributed by atoms with Crippen molar-refractivity contribution < 1.29 is 19.2 Å². The number of anilines is 1. The van der Waals surface area contributed by atoms with Crippen molar-refractivity contribution in [3.63, 3.8) is 0 Å². The zero-order valence-corrected chi connectivity index (χ0v) is 17.8. The standard InChI is InChI=1S/C23H23N5O4/c1-15-13-27(22(31)16-6-4-3-5-7-16)10-11-28(15)23(32)21(30)17-12-25-20-18(26(2)14-29)8-9-24-19(17)20/h3-9,12,14-15,25H,10-11,13H2,1-2H3. The van der Waals surface area contributed by atoms with Crippen molar-refractivity contribution >= 4 is 40.7 Å². The average molecular weight is 433 g/mol. The third kappa shape index (κ3) is 3.73. The first-order valence-corrected chi connectivity index (χ1v) is 10.3. The topological polar surface area (TPSA) is 107 Å². The smallest absolute Gasteiger partial charge is 0.295 e. The number of amides is 3. The van der Waals surface area contributed by atoms with Crippen LogP contribution in [0.2, 0.25) is 0 Å². The molecule has 1 aliphatic heterocycles. The van der Waals surface area contributed by atoms with Crippen molar-refractivity contribution in [3.8, 4) is 0 Å². The van der Waals surface area contributed by atoms with Crippen LogP contribution in [0.5, 0.6) is 0 Å². The lowest BCUT2D eigenvalue weighted by Gasteiger charge is -2.39. The average Bonchev–Trinajstić information content (AvgIpc) is 3.27. The second-order valence-corrected chi connectivity index (χ2v) is 7.77. The van der Waals surface area contributed by atoms with Gasteiger partial charge in [-0.25, -0.2) is 0 Å². The lowest BCUT2D eigenvalue weighted by Crippen LogP contribution is -2.56. The van der Waals surface area contributed by atoms with Crippen molar-refractivity contribution in [2.45, 2.75) is 13.0 Å². The first-order valence-electron chi connectivity index (χ1n) is 10.3. The van der Waals surface area contributed by atoms with Gasteiger partial charge in [-0.3, -0.25) is 24.2 Å². The minimum Gasteiger partial charge on any atom is -0.357 e. The van der Waals surface area contributed by atoms with E-state index in [1.54, 1.807) is 30.1 Å². The number of hydrogen-bond donors (Lipinski definition) is 1. The van der Waals surface area contributed by atoms with Gasteiger partial charge in [-0.2, -0.15) is 0 Å². The van der Waals surface area contributed by atoms with Gasteiger partial charge in [-0.1, -0.05) is 18.2 Å². The summed E-state index contributed by atoms with van der Waals surface area (Å²) in [7, 11) is 1.59. The van der Waals surface area contributed by atoms with Gasteiger partial charge in [0.05, 0.1) is 16.8 Å². The fourth-order valence-corrected chi connectivity index (χ4v) is 3.99. The number of carbonyl (C=O) groups excluding carboxylic acids is 4. The molecule has 1 unspecified atom stereocenters. The molecule has 0 bridgehead atoms. The van der Waals surface area contributed by atoms with Gasteiger partial charge in [0, 0.05) is 50.7 Å². The van der Waals surface area contributed by atoms with Gasteiger partial charge < -0.3 is 19.7 Å². The summed E-state index contributed by atoms with van der Waals surface area (Å²) in [5.41, 5.74) is 2.14. The number of piperazine rings is 1. The highest BCUT2D eigenvalue weighted by Gasteiger charge is 2.34. The second-order valence-electron chi connectivity index (χ2n) is 7.77. The van der Waals surface area contributed by atoms with Crippen LogP contribution in [0.3, 0.4) is 0 Å². The molecule has 0 spiro atoms. The fourth-order valence-electron chi connectivity index (χ4n) is 3.99. The van der Waals surface area contributed by atoms with E-state index in [0.29, 0.717) is 41.8 Å². The van der Waals surface area contributed by atoms with E-state index in [2.05, 4.69) is 9.97 Å². The summed E-state index contributed by atoms with van der Waals surface area (Å²) in [6, 6.07) is 10.3. The van der Waals surface area contributed by atoms with Crippen molar-refractivity contribution in [1.29, 1.82) is 0 Å². The minimum absolute atomic E-state index is 0.0940. The SMILES string of the molecule is CC1CN(C(=O)c2ccccc2)CCN1C(=O)C(=O)c1c[nH]c2c(N(C)C=O)ccnc12. The molecule has 32 heavy (non-hydrogen) atoms. The van der Waals surface area contributed by atoms with Gasteiger partial charge in [-0.15, -0.1) is 0 Å². The Kier molecular flexibility index (Phi) is 5.72. The van der Waals surface area contributed by atoms with Gasteiger partial charge in [0.25, 0.3) is 17.6 Å². The van der Waals surface area contributed by atoms with E-state index < -0.39 is 11.7 Å². The van der Waals surface area contributed by atoms with Gasteiger partial charge in [0.1, 0.15) is 5.52 Å². The summed E-state index contributed by atoms with van der Waals surface area (Å²) in [6.07, 6.45) is 3.59. The zero-order chi connectivity index (χ0) is 22.8. The summed E-state index contributed by atoms with van der Waals surface area (Å²) in [5.74, 6) is -1.41. The molecule has 1 fully saturated rings. The molecule has 0 saturated carbocycles. The number of hydrogen-bond acceptors (Lipinski definition) is 5. The summed E-state index contributed by atoms with van der Waals surface area (Å²) in [6.45, 7) is 2.77. The van der Waals surface area contributed by atoms with E-state index >= 15 is 0 Å². The maximum absolute atomic E-state index is 13.0. The normalized spacial score (nSPS) is 16.1. The zero-order valence-electron chi connectivity index (χ0n) is 17.8. The molecule has 164 valence electrons. The number of rotatable bonds is 5. The number of pyridine rings is 1. The molecule has 1 aromatic carbocycles. The summed E-state index contributed by atoms with van der Waals surface area (Å²) >= 11 is 0. The number of nitrogens with one attached hydrogen (secondary N) is 1. The first-order chi connectivity index (χ1) is 15.4. The molecule has 3 amide bonds. The Morgan fingerprint density at radius 1 is 1.16 bits per heavy atom. The van der Waals surface area contributed by atoms with Crippen molar-refractivity contribution in [2.24, 2.45) is 0 Å². The molecule has 0 aliphatic carbocycles. The monoisotopic (exact) mass is 433 g/mol. The van der Waals surface area contributed by atoms with Gasteiger partial charge >= 0.3 is 0 Å². The van der Waals surface area contributed by atoms with Crippen molar-refractivity contribution in [2.75, 3.05) is 31.6 Å². The molecule has 3 aromatic rings. The second kappa shape index (κ2) is 8.62. The molecule has 1 atom stereocenters. The highest BCUT2D eigenvalue weighted by atomic mass is 16.2. The molecule has 4 rings (SSSR count). The van der Waals surface area contributed by atoms with Gasteiger partial charge in [-0.05, 0) is 25.1 Å². The predicted octanol–water partition coefficient (Wildman–Crippen LogP) is 1.71. The molecular weight excluding hydrogens is 410 g/mol. The van der Waals surface area contributed by atoms with Crippen LogP contribution < -0.4 is 4.90 Å². The van der Waals surface area contributed by atoms with Crippen LogP contribution in [0, 0.1) is 0 Å². The lowest BCUT2D eigenvalue weighted by atomic mass is 10.1. The number of fused-ring (bicyclic) bond motifs is 1. The number of benzene rings is 1. The number of nitrogens with zero attached hydrogens (tertiary/aromatic N) is 4. The van der Waals surface area contributed by atoms with Crippen molar-refractivity contribution in [3.05, 3.63) is 59.9 Å². The van der Waals surface area contributed by atoms with E-state index in [9.17, 15) is 19.2 Å². The summed E-state index contributed by atoms with van der Waals surface area (Å²) in [5, 5.41) is 0. The number of aromatic nitrogens is 2. The van der Waals surface area contributed by atoms with Crippen LogP contribution in [0.1, 0.15) is 27.6 Å². The Morgan fingerprint density at radius 3 is 2.59 bits per heavy atom. The molecule has 1 aliphatic rings.